The lowest BCUT2D eigenvalue weighted by Gasteiger charge is -2.15. The van der Waals surface area contributed by atoms with E-state index in [2.05, 4.69) is 32.0 Å². The Kier molecular flexibility index (Phi) is 3.26. The summed E-state index contributed by atoms with van der Waals surface area (Å²) in [6, 6.07) is 6.54. The van der Waals surface area contributed by atoms with Gasteiger partial charge in [0.25, 0.3) is 0 Å². The molecular weight excluding hydrogens is 250 g/mol. The van der Waals surface area contributed by atoms with Crippen LogP contribution < -0.4 is 11.4 Å². The number of nitrogens with zero attached hydrogens (tertiary/aromatic N) is 2. The van der Waals surface area contributed by atoms with Crippen LogP contribution in [0.15, 0.2) is 35.4 Å². The van der Waals surface area contributed by atoms with Crippen LogP contribution in [0.2, 0.25) is 0 Å². The zero-order valence-electron chi connectivity index (χ0n) is 12.0. The lowest BCUT2D eigenvalue weighted by atomic mass is 10.00. The Morgan fingerprint density at radius 1 is 1.30 bits per heavy atom. The fourth-order valence-electron chi connectivity index (χ4n) is 2.75. The minimum Gasteiger partial charge on any atom is -0.322 e. The molecular formula is C16H21N3O. The average Bonchev–Trinajstić information content (AvgIpc) is 3.16. The first kappa shape index (κ1) is 13.2. The fourth-order valence-corrected chi connectivity index (χ4v) is 2.75. The summed E-state index contributed by atoms with van der Waals surface area (Å²) in [6.45, 7) is 4.67. The van der Waals surface area contributed by atoms with Crippen molar-refractivity contribution in [1.82, 2.24) is 9.13 Å². The van der Waals surface area contributed by atoms with E-state index in [9.17, 15) is 4.79 Å². The van der Waals surface area contributed by atoms with E-state index in [0.29, 0.717) is 12.6 Å². The van der Waals surface area contributed by atoms with E-state index in [0.717, 1.165) is 18.4 Å². The van der Waals surface area contributed by atoms with E-state index >= 15 is 0 Å². The average molecular weight is 271 g/mol. The molecule has 2 aromatic rings. The van der Waals surface area contributed by atoms with Crippen molar-refractivity contribution in [1.29, 1.82) is 0 Å². The van der Waals surface area contributed by atoms with Gasteiger partial charge in [-0.3, -0.25) is 9.13 Å². The van der Waals surface area contributed by atoms with Gasteiger partial charge in [0.15, 0.2) is 0 Å². The number of benzene rings is 1. The molecule has 1 unspecified atom stereocenters. The summed E-state index contributed by atoms with van der Waals surface area (Å²) in [6.07, 6.45) is 5.97. The van der Waals surface area contributed by atoms with Gasteiger partial charge in [-0.2, -0.15) is 0 Å². The minimum absolute atomic E-state index is 0.0627. The van der Waals surface area contributed by atoms with E-state index in [1.54, 1.807) is 4.57 Å². The zero-order valence-corrected chi connectivity index (χ0v) is 12.0. The van der Waals surface area contributed by atoms with Gasteiger partial charge in [0.05, 0.1) is 0 Å². The van der Waals surface area contributed by atoms with E-state index in [-0.39, 0.29) is 11.7 Å². The van der Waals surface area contributed by atoms with Crippen molar-refractivity contribution in [3.63, 3.8) is 0 Å². The molecule has 0 aliphatic heterocycles. The number of imidazole rings is 1. The summed E-state index contributed by atoms with van der Waals surface area (Å²) in [5, 5.41) is 0. The molecule has 2 N–H and O–H groups in total. The van der Waals surface area contributed by atoms with E-state index < -0.39 is 0 Å². The second-order valence-electron chi connectivity index (χ2n) is 5.84. The topological polar surface area (TPSA) is 52.9 Å². The highest BCUT2D eigenvalue weighted by molar-refractivity contribution is 5.32. The van der Waals surface area contributed by atoms with Crippen molar-refractivity contribution >= 4 is 0 Å². The molecule has 1 saturated carbocycles. The van der Waals surface area contributed by atoms with Crippen LogP contribution in [0.3, 0.4) is 0 Å². The number of hydrogen-bond donors (Lipinski definition) is 1. The summed E-state index contributed by atoms with van der Waals surface area (Å²) in [4.78, 5) is 12.2. The molecule has 0 radical (unpaired) electrons. The molecule has 106 valence electrons. The molecule has 0 spiro atoms. The van der Waals surface area contributed by atoms with E-state index in [4.69, 9.17) is 5.73 Å². The lowest BCUT2D eigenvalue weighted by molar-refractivity contribution is 0.544. The quantitative estimate of drug-likeness (QED) is 0.927. The van der Waals surface area contributed by atoms with Crippen molar-refractivity contribution < 1.29 is 0 Å². The largest absolute Gasteiger partial charge is 0.328 e. The third-order valence-electron chi connectivity index (χ3n) is 4.03. The number of nitrogens with two attached hydrogens (primary N) is 1. The first-order valence-corrected chi connectivity index (χ1v) is 7.16. The van der Waals surface area contributed by atoms with Crippen molar-refractivity contribution in [3.8, 4) is 0 Å². The third-order valence-corrected chi connectivity index (χ3v) is 4.03. The number of hydrogen-bond acceptors (Lipinski definition) is 2. The Bertz CT molecular complexity index is 679. The van der Waals surface area contributed by atoms with Gasteiger partial charge < -0.3 is 5.73 Å². The number of rotatable bonds is 4. The van der Waals surface area contributed by atoms with Gasteiger partial charge in [-0.05, 0) is 37.8 Å². The predicted molar refractivity (Wildman–Crippen MR) is 79.8 cm³/mol. The molecule has 1 heterocycles. The molecule has 4 nitrogen and oxygen atoms in total. The van der Waals surface area contributed by atoms with Crippen LogP contribution in [-0.4, -0.2) is 9.13 Å². The highest BCUT2D eigenvalue weighted by Crippen LogP contribution is 2.33. The van der Waals surface area contributed by atoms with E-state index in [1.165, 1.54) is 11.1 Å². The van der Waals surface area contributed by atoms with Gasteiger partial charge in [0.1, 0.15) is 0 Å². The molecule has 1 aliphatic carbocycles. The van der Waals surface area contributed by atoms with Gasteiger partial charge in [0.2, 0.25) is 0 Å². The Morgan fingerprint density at radius 2 is 2.05 bits per heavy atom. The van der Waals surface area contributed by atoms with Crippen molar-refractivity contribution in [3.05, 3.63) is 57.8 Å². The summed E-state index contributed by atoms with van der Waals surface area (Å²) < 4.78 is 3.55. The zero-order chi connectivity index (χ0) is 14.3. The molecule has 0 amide bonds. The third kappa shape index (κ3) is 2.43. The molecule has 1 aromatic heterocycles. The Hall–Kier alpha value is -1.81. The fraction of sp³-hybridized carbons (Fsp3) is 0.438. The van der Waals surface area contributed by atoms with Crippen LogP contribution in [0, 0.1) is 13.8 Å². The SMILES string of the molecule is Cc1ccc(C(N)Cn2ccn(C3CC3)c2=O)c(C)c1. The van der Waals surface area contributed by atoms with Gasteiger partial charge in [-0.25, -0.2) is 4.79 Å². The summed E-state index contributed by atoms with van der Waals surface area (Å²) in [5.41, 5.74) is 9.87. The van der Waals surface area contributed by atoms with Crippen LogP contribution in [-0.2, 0) is 6.54 Å². The Morgan fingerprint density at radius 3 is 2.70 bits per heavy atom. The molecule has 1 aromatic carbocycles. The molecule has 4 heteroatoms. The monoisotopic (exact) mass is 271 g/mol. The maximum Gasteiger partial charge on any atom is 0.328 e. The molecule has 1 atom stereocenters. The van der Waals surface area contributed by atoms with E-state index in [1.807, 2.05) is 17.0 Å². The predicted octanol–water partition coefficient (Wildman–Crippen LogP) is 2.30. The van der Waals surface area contributed by atoms with Crippen LogP contribution in [0.4, 0.5) is 0 Å². The van der Waals surface area contributed by atoms with Crippen LogP contribution in [0.25, 0.3) is 0 Å². The second kappa shape index (κ2) is 4.94. The van der Waals surface area contributed by atoms with Crippen LogP contribution >= 0.6 is 0 Å². The van der Waals surface area contributed by atoms with Crippen LogP contribution in [0.1, 0.15) is 41.6 Å². The van der Waals surface area contributed by atoms with Crippen molar-refractivity contribution in [2.45, 2.75) is 45.3 Å². The maximum atomic E-state index is 12.2. The molecule has 20 heavy (non-hydrogen) atoms. The van der Waals surface area contributed by atoms with Gasteiger partial charge >= 0.3 is 5.69 Å². The summed E-state index contributed by atoms with van der Waals surface area (Å²) >= 11 is 0. The molecule has 0 bridgehead atoms. The molecule has 0 saturated heterocycles. The smallest absolute Gasteiger partial charge is 0.322 e. The second-order valence-corrected chi connectivity index (χ2v) is 5.84. The lowest BCUT2D eigenvalue weighted by Crippen LogP contribution is -2.28. The summed E-state index contributed by atoms with van der Waals surface area (Å²) in [5.74, 6) is 0. The van der Waals surface area contributed by atoms with Gasteiger partial charge in [-0.15, -0.1) is 0 Å². The Labute approximate surface area is 118 Å². The highest BCUT2D eigenvalue weighted by Gasteiger charge is 2.25. The van der Waals surface area contributed by atoms with Gasteiger partial charge in [-0.1, -0.05) is 23.8 Å². The summed E-state index contributed by atoms with van der Waals surface area (Å²) in [7, 11) is 0. The number of aryl methyl sites for hydroxylation is 2. The standard InChI is InChI=1S/C16H21N3O/c1-11-3-6-14(12(2)9-11)15(17)10-18-7-8-19(16(18)20)13-4-5-13/h3,6-9,13,15H,4-5,10,17H2,1-2H3. The van der Waals surface area contributed by atoms with Crippen molar-refractivity contribution in [2.24, 2.45) is 5.73 Å². The minimum atomic E-state index is -0.150. The maximum absolute atomic E-state index is 12.2. The first-order chi connectivity index (χ1) is 9.56. The highest BCUT2D eigenvalue weighted by atomic mass is 16.1. The van der Waals surface area contributed by atoms with Gasteiger partial charge in [0, 0.05) is 31.0 Å². The first-order valence-electron chi connectivity index (χ1n) is 7.16. The number of aromatic nitrogens is 2. The molecule has 1 aliphatic rings. The normalized spacial score (nSPS) is 16.4. The molecule has 1 fully saturated rings. The van der Waals surface area contributed by atoms with Crippen LogP contribution in [0.5, 0.6) is 0 Å². The Balaban J connectivity index is 1.81. The molecule has 3 rings (SSSR count). The van der Waals surface area contributed by atoms with Crippen molar-refractivity contribution in [2.75, 3.05) is 0 Å².